The molecule has 0 saturated heterocycles. The van der Waals surface area contributed by atoms with Crippen molar-refractivity contribution < 1.29 is 39.3 Å². The Hall–Kier alpha value is -3.36. The molecule has 0 radical (unpaired) electrons. The van der Waals surface area contributed by atoms with Crippen LogP contribution >= 0.6 is 12.6 Å². The number of carbonyl (C=O) groups excluding carboxylic acids is 4. The van der Waals surface area contributed by atoms with Crippen molar-refractivity contribution in [2.75, 3.05) is 5.75 Å². The highest BCUT2D eigenvalue weighted by Gasteiger charge is 2.33. The van der Waals surface area contributed by atoms with Gasteiger partial charge in [-0.2, -0.15) is 12.6 Å². The van der Waals surface area contributed by atoms with Crippen LogP contribution in [0.15, 0.2) is 24.3 Å². The highest BCUT2D eigenvalue weighted by Crippen LogP contribution is 2.12. The number of phenolic OH excluding ortho intramolecular Hbond substituents is 1. The van der Waals surface area contributed by atoms with Crippen molar-refractivity contribution in [3.63, 3.8) is 0 Å². The third-order valence-electron chi connectivity index (χ3n) is 4.63. The number of aliphatic carboxylic acids is 1. The van der Waals surface area contributed by atoms with E-state index in [4.69, 9.17) is 11.5 Å². The maximum Gasteiger partial charge on any atom is 0.326 e. The van der Waals surface area contributed by atoms with Crippen molar-refractivity contribution in [2.24, 2.45) is 11.5 Å². The Morgan fingerprint density at radius 1 is 0.971 bits per heavy atom. The summed E-state index contributed by atoms with van der Waals surface area (Å²) < 4.78 is 0. The van der Waals surface area contributed by atoms with Crippen molar-refractivity contribution in [3.8, 4) is 5.75 Å². The number of thiol groups is 1. The molecule has 0 aromatic heterocycles. The minimum Gasteiger partial charge on any atom is -0.508 e. The Kier molecular flexibility index (Phi) is 11.3. The standard InChI is InChI=1S/C20H29N5O8S/c1-9(26)16(25-18(30)13(7-15(22)28)23-17(29)12(21)8-34)19(31)24-14(20(32)33)6-10-2-4-11(27)5-3-10/h2-5,9,12-14,16,26-27,34H,6-8,21H2,1H3,(H2,22,28)(H,23,29)(H,24,31)(H,25,30)(H,32,33). The van der Waals surface area contributed by atoms with Crippen LogP contribution in [-0.2, 0) is 30.4 Å². The largest absolute Gasteiger partial charge is 0.508 e. The number of amides is 4. The van der Waals surface area contributed by atoms with E-state index in [0.717, 1.165) is 0 Å². The number of phenols is 1. The van der Waals surface area contributed by atoms with Gasteiger partial charge >= 0.3 is 5.97 Å². The molecule has 13 nitrogen and oxygen atoms in total. The summed E-state index contributed by atoms with van der Waals surface area (Å²) in [5.41, 5.74) is 11.2. The Morgan fingerprint density at radius 3 is 2.00 bits per heavy atom. The fourth-order valence-electron chi connectivity index (χ4n) is 2.76. The van der Waals surface area contributed by atoms with Crippen molar-refractivity contribution in [1.29, 1.82) is 0 Å². The van der Waals surface area contributed by atoms with Gasteiger partial charge in [-0.1, -0.05) is 12.1 Å². The number of aliphatic hydroxyl groups is 1. The number of primary amides is 1. The lowest BCUT2D eigenvalue weighted by atomic mass is 10.0. The van der Waals surface area contributed by atoms with Crippen LogP contribution in [0.3, 0.4) is 0 Å². The normalized spacial score (nSPS) is 15.2. The molecule has 1 rings (SSSR count). The van der Waals surface area contributed by atoms with E-state index >= 15 is 0 Å². The fraction of sp³-hybridized carbons (Fsp3) is 0.450. The van der Waals surface area contributed by atoms with Gasteiger partial charge in [0.2, 0.25) is 23.6 Å². The van der Waals surface area contributed by atoms with Crippen molar-refractivity contribution in [3.05, 3.63) is 29.8 Å². The van der Waals surface area contributed by atoms with Gasteiger partial charge in [-0.05, 0) is 24.6 Å². The minimum atomic E-state index is -1.63. The molecule has 4 amide bonds. The molecule has 0 fully saturated rings. The number of aromatic hydroxyl groups is 1. The summed E-state index contributed by atoms with van der Waals surface area (Å²) in [5.74, 6) is -5.23. The monoisotopic (exact) mass is 499 g/mol. The molecule has 0 aliphatic carbocycles. The van der Waals surface area contributed by atoms with Crippen LogP contribution in [0.1, 0.15) is 18.9 Å². The molecule has 14 heteroatoms. The maximum atomic E-state index is 12.7. The van der Waals surface area contributed by atoms with Gasteiger partial charge in [-0.25, -0.2) is 4.79 Å². The van der Waals surface area contributed by atoms with Crippen molar-refractivity contribution >= 4 is 42.2 Å². The van der Waals surface area contributed by atoms with Gasteiger partial charge in [-0.3, -0.25) is 19.2 Å². The van der Waals surface area contributed by atoms with Gasteiger partial charge in [0.05, 0.1) is 18.6 Å². The summed E-state index contributed by atoms with van der Waals surface area (Å²) >= 11 is 3.87. The number of nitrogens with one attached hydrogen (secondary N) is 3. The third kappa shape index (κ3) is 9.25. The highest BCUT2D eigenvalue weighted by atomic mass is 32.1. The van der Waals surface area contributed by atoms with E-state index < -0.39 is 66.3 Å². The molecule has 0 aliphatic rings. The number of aliphatic hydroxyl groups excluding tert-OH is 1. The molecule has 34 heavy (non-hydrogen) atoms. The van der Waals surface area contributed by atoms with Crippen LogP contribution < -0.4 is 27.4 Å². The number of hydrogen-bond acceptors (Lipinski definition) is 9. The zero-order valence-electron chi connectivity index (χ0n) is 18.3. The Balaban J connectivity index is 2.97. The molecule has 0 saturated carbocycles. The summed E-state index contributed by atoms with van der Waals surface area (Å²) in [6.07, 6.45) is -2.25. The highest BCUT2D eigenvalue weighted by molar-refractivity contribution is 7.80. The van der Waals surface area contributed by atoms with Crippen LogP contribution in [0, 0.1) is 0 Å². The van der Waals surface area contributed by atoms with Gasteiger partial charge in [0.15, 0.2) is 0 Å². The van der Waals surface area contributed by atoms with Gasteiger partial charge in [0, 0.05) is 12.2 Å². The lowest BCUT2D eigenvalue weighted by Gasteiger charge is -2.26. The van der Waals surface area contributed by atoms with Crippen molar-refractivity contribution in [1.82, 2.24) is 16.0 Å². The second-order valence-electron chi connectivity index (χ2n) is 7.52. The van der Waals surface area contributed by atoms with E-state index in [1.807, 2.05) is 0 Å². The first-order chi connectivity index (χ1) is 15.8. The Labute approximate surface area is 200 Å². The molecule has 0 spiro atoms. The second kappa shape index (κ2) is 13.4. The molecular formula is C20H29N5O8S. The van der Waals surface area contributed by atoms with E-state index in [1.54, 1.807) is 0 Å². The molecule has 5 atom stereocenters. The second-order valence-corrected chi connectivity index (χ2v) is 7.88. The van der Waals surface area contributed by atoms with E-state index in [0.29, 0.717) is 5.56 Å². The van der Waals surface area contributed by atoms with Gasteiger partial charge in [0.25, 0.3) is 0 Å². The van der Waals surface area contributed by atoms with Crippen LogP contribution in [0.25, 0.3) is 0 Å². The summed E-state index contributed by atoms with van der Waals surface area (Å²) in [5, 5.41) is 35.5. The van der Waals surface area contributed by atoms with E-state index in [1.165, 1.54) is 31.2 Å². The molecule has 0 heterocycles. The van der Waals surface area contributed by atoms with E-state index in [9.17, 15) is 39.3 Å². The average Bonchev–Trinajstić information content (AvgIpc) is 2.76. The quantitative estimate of drug-likeness (QED) is 0.125. The predicted molar refractivity (Wildman–Crippen MR) is 123 cm³/mol. The summed E-state index contributed by atoms with van der Waals surface area (Å²) in [7, 11) is 0. The molecular weight excluding hydrogens is 470 g/mol. The molecule has 1 aromatic rings. The average molecular weight is 500 g/mol. The molecule has 5 unspecified atom stereocenters. The number of carboxylic acid groups (broad SMARTS) is 1. The molecule has 1 aromatic carbocycles. The van der Waals surface area contributed by atoms with E-state index in [-0.39, 0.29) is 17.9 Å². The first kappa shape index (κ1) is 28.7. The summed E-state index contributed by atoms with van der Waals surface area (Å²) in [4.78, 5) is 60.3. The lowest BCUT2D eigenvalue weighted by molar-refractivity contribution is -0.143. The molecule has 10 N–H and O–H groups in total. The van der Waals surface area contributed by atoms with Crippen LogP contribution in [0.5, 0.6) is 5.75 Å². The van der Waals surface area contributed by atoms with Crippen LogP contribution in [-0.4, -0.2) is 80.9 Å². The fourth-order valence-corrected chi connectivity index (χ4v) is 2.93. The summed E-state index contributed by atoms with van der Waals surface area (Å²) in [6.45, 7) is 1.18. The van der Waals surface area contributed by atoms with Crippen molar-refractivity contribution in [2.45, 2.75) is 50.0 Å². The molecule has 0 bridgehead atoms. The number of carbonyl (C=O) groups is 5. The summed E-state index contributed by atoms with van der Waals surface area (Å²) in [6, 6.07) is -0.000127. The number of carboxylic acids is 1. The van der Waals surface area contributed by atoms with Gasteiger partial charge < -0.3 is 42.7 Å². The van der Waals surface area contributed by atoms with Crippen LogP contribution in [0.2, 0.25) is 0 Å². The number of nitrogens with two attached hydrogens (primary N) is 2. The molecule has 188 valence electrons. The maximum absolute atomic E-state index is 12.7. The minimum absolute atomic E-state index is 0.0236. The SMILES string of the molecule is CC(O)C(NC(=O)C(CC(N)=O)NC(=O)C(N)CS)C(=O)NC(Cc1ccc(O)cc1)C(=O)O. The first-order valence-corrected chi connectivity index (χ1v) is 10.7. The van der Waals surface area contributed by atoms with Gasteiger partial charge in [0.1, 0.15) is 23.9 Å². The third-order valence-corrected chi connectivity index (χ3v) is 5.02. The molecule has 0 aliphatic heterocycles. The lowest BCUT2D eigenvalue weighted by Crippen LogP contribution is -2.60. The smallest absolute Gasteiger partial charge is 0.326 e. The zero-order valence-corrected chi connectivity index (χ0v) is 19.2. The first-order valence-electron chi connectivity index (χ1n) is 10.1. The topological polar surface area (TPSA) is 234 Å². The van der Waals surface area contributed by atoms with Crippen LogP contribution in [0.4, 0.5) is 0 Å². The Morgan fingerprint density at radius 2 is 1.53 bits per heavy atom. The number of benzene rings is 1. The number of hydrogen-bond donors (Lipinski definition) is 9. The van der Waals surface area contributed by atoms with Gasteiger partial charge in [-0.15, -0.1) is 0 Å². The van der Waals surface area contributed by atoms with E-state index in [2.05, 4.69) is 28.6 Å². The zero-order chi connectivity index (χ0) is 26.0. The predicted octanol–water partition coefficient (Wildman–Crippen LogP) is -3.01. The Bertz CT molecular complexity index is 895. The number of rotatable bonds is 13.